The average molecular weight is 480 g/mol. The molecular weight excluding hydrogens is 446 g/mol. The molecule has 1 aromatic carbocycles. The molecule has 2 atom stereocenters. The summed E-state index contributed by atoms with van der Waals surface area (Å²) in [5.41, 5.74) is 0.908. The van der Waals surface area contributed by atoms with E-state index in [4.69, 9.17) is 4.74 Å². The van der Waals surface area contributed by atoms with Gasteiger partial charge in [-0.15, -0.1) is 0 Å². The lowest BCUT2D eigenvalue weighted by atomic mass is 9.50. The quantitative estimate of drug-likeness (QED) is 0.439. The van der Waals surface area contributed by atoms with Crippen LogP contribution in [0.4, 0.5) is 17.6 Å². The fourth-order valence-electron chi connectivity index (χ4n) is 7.98. The first-order chi connectivity index (χ1) is 16.1. The number of benzene rings is 1. The molecule has 0 unspecified atom stereocenters. The summed E-state index contributed by atoms with van der Waals surface area (Å²) in [6.45, 7) is 1.79. The average Bonchev–Trinajstić information content (AvgIpc) is 3.51. The first-order valence-electron chi connectivity index (χ1n) is 12.9. The van der Waals surface area contributed by atoms with Gasteiger partial charge in [-0.1, -0.05) is 0 Å². The van der Waals surface area contributed by atoms with Crippen LogP contribution in [0.15, 0.2) is 12.1 Å². The van der Waals surface area contributed by atoms with Gasteiger partial charge in [-0.05, 0) is 100 Å². The van der Waals surface area contributed by atoms with Crippen molar-refractivity contribution in [2.45, 2.75) is 82.8 Å². The monoisotopic (exact) mass is 479 g/mol. The standard InChI is InChI=1S/C27H33F4NO2/c1-15-4-20(27(29,30)31)13-32(15)25(33)22-8-21(19-2-3-19)24(9-23(22)28)34-14-26-10-16-5-17(11-26)7-18(6-16)12-26/h8-9,15-20H,2-7,10-14H2,1H3/t15-,16?,17?,18?,20+,26?/m1/s1. The predicted molar refractivity (Wildman–Crippen MR) is 119 cm³/mol. The molecule has 4 bridgehead atoms. The first kappa shape index (κ1) is 22.7. The molecule has 34 heavy (non-hydrogen) atoms. The van der Waals surface area contributed by atoms with Gasteiger partial charge in [0.2, 0.25) is 0 Å². The molecule has 0 radical (unpaired) electrons. The van der Waals surface area contributed by atoms with E-state index in [1.165, 1.54) is 49.5 Å². The molecule has 7 heteroatoms. The Labute approximate surface area is 198 Å². The zero-order chi connectivity index (χ0) is 23.8. The Hall–Kier alpha value is -1.79. The number of alkyl halides is 3. The number of carbonyl (C=O) groups excluding carboxylic acids is 1. The topological polar surface area (TPSA) is 29.5 Å². The van der Waals surface area contributed by atoms with Gasteiger partial charge in [0.25, 0.3) is 5.91 Å². The van der Waals surface area contributed by atoms with Crippen molar-refractivity contribution < 1.29 is 27.1 Å². The van der Waals surface area contributed by atoms with E-state index in [9.17, 15) is 18.0 Å². The Morgan fingerprint density at radius 3 is 2.21 bits per heavy atom. The molecule has 1 heterocycles. The van der Waals surface area contributed by atoms with Gasteiger partial charge in [0.05, 0.1) is 18.1 Å². The highest BCUT2D eigenvalue weighted by atomic mass is 19.4. The van der Waals surface area contributed by atoms with Gasteiger partial charge < -0.3 is 9.64 Å². The lowest BCUT2D eigenvalue weighted by molar-refractivity contribution is -0.170. The Balaban J connectivity index is 1.22. The summed E-state index contributed by atoms with van der Waals surface area (Å²) >= 11 is 0. The van der Waals surface area contributed by atoms with Crippen molar-refractivity contribution in [1.82, 2.24) is 4.90 Å². The van der Waals surface area contributed by atoms with Crippen LogP contribution in [-0.4, -0.2) is 36.2 Å². The molecule has 3 nitrogen and oxygen atoms in total. The lowest BCUT2D eigenvalue weighted by Gasteiger charge is -2.56. The molecule has 0 N–H and O–H groups in total. The fourth-order valence-corrected chi connectivity index (χ4v) is 7.98. The van der Waals surface area contributed by atoms with Crippen molar-refractivity contribution >= 4 is 5.91 Å². The van der Waals surface area contributed by atoms with Crippen LogP contribution in [0.5, 0.6) is 5.75 Å². The second kappa shape index (κ2) is 7.86. The molecule has 0 aromatic heterocycles. The van der Waals surface area contributed by atoms with Crippen LogP contribution in [0, 0.1) is 34.9 Å². The molecule has 5 saturated carbocycles. The highest BCUT2D eigenvalue weighted by Gasteiger charge is 2.51. The Kier molecular flexibility index (Phi) is 5.24. The summed E-state index contributed by atoms with van der Waals surface area (Å²) in [6.07, 6.45) is 5.07. The summed E-state index contributed by atoms with van der Waals surface area (Å²) < 4.78 is 61.2. The van der Waals surface area contributed by atoms with Crippen molar-refractivity contribution in [2.24, 2.45) is 29.1 Å². The number of ether oxygens (including phenoxy) is 1. The van der Waals surface area contributed by atoms with Gasteiger partial charge >= 0.3 is 6.18 Å². The van der Waals surface area contributed by atoms with E-state index in [-0.39, 0.29) is 23.3 Å². The summed E-state index contributed by atoms with van der Waals surface area (Å²) in [5, 5.41) is 0. The summed E-state index contributed by atoms with van der Waals surface area (Å²) in [5.74, 6) is 0.268. The van der Waals surface area contributed by atoms with E-state index in [1.54, 1.807) is 13.0 Å². The van der Waals surface area contributed by atoms with Crippen LogP contribution in [-0.2, 0) is 0 Å². The predicted octanol–water partition coefficient (Wildman–Crippen LogP) is 6.71. The maximum absolute atomic E-state index is 15.2. The summed E-state index contributed by atoms with van der Waals surface area (Å²) in [7, 11) is 0. The maximum atomic E-state index is 15.2. The first-order valence-corrected chi connectivity index (χ1v) is 12.9. The maximum Gasteiger partial charge on any atom is 0.393 e. The van der Waals surface area contributed by atoms with Crippen molar-refractivity contribution in [3.8, 4) is 5.75 Å². The van der Waals surface area contributed by atoms with Crippen LogP contribution in [0.1, 0.15) is 86.6 Å². The number of likely N-dealkylation sites (tertiary alicyclic amines) is 1. The van der Waals surface area contributed by atoms with Gasteiger partial charge in [0.1, 0.15) is 11.6 Å². The molecule has 1 saturated heterocycles. The second-order valence-electron chi connectivity index (χ2n) is 12.1. The van der Waals surface area contributed by atoms with Crippen molar-refractivity contribution in [3.05, 3.63) is 29.1 Å². The highest BCUT2D eigenvalue weighted by molar-refractivity contribution is 5.95. The van der Waals surface area contributed by atoms with Gasteiger partial charge in [-0.3, -0.25) is 4.79 Å². The lowest BCUT2D eigenvalue weighted by Crippen LogP contribution is -2.48. The molecule has 6 aliphatic rings. The Morgan fingerprint density at radius 1 is 1.06 bits per heavy atom. The van der Waals surface area contributed by atoms with E-state index in [1.807, 2.05) is 0 Å². The molecule has 186 valence electrons. The van der Waals surface area contributed by atoms with Crippen LogP contribution in [0.25, 0.3) is 0 Å². The Bertz CT molecular complexity index is 950. The van der Waals surface area contributed by atoms with E-state index in [2.05, 4.69) is 0 Å². The number of carbonyl (C=O) groups is 1. The minimum Gasteiger partial charge on any atom is -0.493 e. The van der Waals surface area contributed by atoms with Crippen molar-refractivity contribution in [3.63, 3.8) is 0 Å². The van der Waals surface area contributed by atoms with Crippen LogP contribution in [0.3, 0.4) is 0 Å². The SMILES string of the molecule is C[C@@H]1C[C@H](C(F)(F)F)CN1C(=O)c1cc(C2CC2)c(OCC23CC4CC(CC(C4)C2)C3)cc1F. The number of amides is 1. The van der Waals surface area contributed by atoms with Crippen LogP contribution < -0.4 is 4.74 Å². The van der Waals surface area contributed by atoms with E-state index >= 15 is 4.39 Å². The normalized spacial score (nSPS) is 36.9. The minimum atomic E-state index is -4.35. The van der Waals surface area contributed by atoms with E-state index < -0.39 is 36.4 Å². The number of rotatable bonds is 5. The molecule has 1 aliphatic heterocycles. The van der Waals surface area contributed by atoms with Crippen molar-refractivity contribution in [1.29, 1.82) is 0 Å². The zero-order valence-electron chi connectivity index (χ0n) is 19.7. The zero-order valence-corrected chi connectivity index (χ0v) is 19.7. The number of nitrogens with zero attached hydrogens (tertiary/aromatic N) is 1. The third-order valence-corrected chi connectivity index (χ3v) is 9.34. The number of hydrogen-bond donors (Lipinski definition) is 0. The molecule has 1 amide bonds. The summed E-state index contributed by atoms with van der Waals surface area (Å²) in [4.78, 5) is 14.3. The van der Waals surface area contributed by atoms with Gasteiger partial charge in [-0.25, -0.2) is 4.39 Å². The third kappa shape index (κ3) is 4.01. The second-order valence-corrected chi connectivity index (χ2v) is 12.1. The molecule has 7 rings (SSSR count). The molecular formula is C27H33F4NO2. The minimum absolute atomic E-state index is 0.126. The van der Waals surface area contributed by atoms with Gasteiger partial charge in [-0.2, -0.15) is 13.2 Å². The van der Waals surface area contributed by atoms with Gasteiger partial charge in [0, 0.05) is 24.1 Å². The van der Waals surface area contributed by atoms with Crippen LogP contribution in [0.2, 0.25) is 0 Å². The van der Waals surface area contributed by atoms with E-state index in [0.29, 0.717) is 12.4 Å². The molecule has 1 aromatic rings. The third-order valence-electron chi connectivity index (χ3n) is 9.34. The fraction of sp³-hybridized carbons (Fsp3) is 0.741. The largest absolute Gasteiger partial charge is 0.493 e. The smallest absolute Gasteiger partial charge is 0.393 e. The molecule has 0 spiro atoms. The number of hydrogen-bond acceptors (Lipinski definition) is 2. The Morgan fingerprint density at radius 2 is 1.68 bits per heavy atom. The molecule has 6 fully saturated rings. The highest BCUT2D eigenvalue weighted by Crippen LogP contribution is 2.60. The van der Waals surface area contributed by atoms with Crippen LogP contribution >= 0.6 is 0 Å². The van der Waals surface area contributed by atoms with E-state index in [0.717, 1.165) is 36.2 Å². The summed E-state index contributed by atoms with van der Waals surface area (Å²) in [6, 6.07) is 2.32. The molecule has 5 aliphatic carbocycles. The number of halogens is 4. The van der Waals surface area contributed by atoms with Crippen molar-refractivity contribution in [2.75, 3.05) is 13.2 Å². The van der Waals surface area contributed by atoms with Gasteiger partial charge in [0.15, 0.2) is 0 Å².